The molecular weight excluding hydrogens is 460 g/mol. The summed E-state index contributed by atoms with van der Waals surface area (Å²) in [5, 5.41) is 0. The van der Waals surface area contributed by atoms with Crippen LogP contribution in [-0.4, -0.2) is 0 Å². The summed E-state index contributed by atoms with van der Waals surface area (Å²) in [5.74, 6) is 0.558. The average Bonchev–Trinajstić information content (AvgIpc) is 2.95. The van der Waals surface area contributed by atoms with Crippen LogP contribution in [0.3, 0.4) is 0 Å². The van der Waals surface area contributed by atoms with Gasteiger partial charge in [-0.3, -0.25) is 0 Å². The minimum atomic E-state index is 0.558. The molecule has 0 saturated carbocycles. The molecule has 0 fully saturated rings. The van der Waals surface area contributed by atoms with Gasteiger partial charge in [-0.15, -0.1) is 0 Å². The lowest BCUT2D eigenvalue weighted by Gasteiger charge is -2.29. The summed E-state index contributed by atoms with van der Waals surface area (Å²) in [6.07, 6.45) is 1.14. The molecule has 1 unspecified atom stereocenters. The molecule has 0 aliphatic carbocycles. The molecule has 0 heterocycles. The summed E-state index contributed by atoms with van der Waals surface area (Å²) < 4.78 is 0. The van der Waals surface area contributed by atoms with Crippen molar-refractivity contribution in [3.05, 3.63) is 144 Å². The van der Waals surface area contributed by atoms with E-state index in [0.717, 1.165) is 40.5 Å². The van der Waals surface area contributed by atoms with E-state index in [1.54, 1.807) is 0 Å². The van der Waals surface area contributed by atoms with Crippen LogP contribution in [-0.2, 0) is 0 Å². The summed E-state index contributed by atoms with van der Waals surface area (Å²) in [7, 11) is 0. The maximum absolute atomic E-state index is 2.33. The lowest BCUT2D eigenvalue weighted by atomic mass is 9.98. The molecule has 0 aliphatic heterocycles. The van der Waals surface area contributed by atoms with Crippen molar-refractivity contribution in [2.24, 2.45) is 0 Å². The van der Waals surface area contributed by atoms with Gasteiger partial charge in [-0.1, -0.05) is 68.4 Å². The average molecular weight is 497 g/mol. The van der Waals surface area contributed by atoms with E-state index < -0.39 is 0 Å². The van der Waals surface area contributed by atoms with Gasteiger partial charge in [0, 0.05) is 34.1 Å². The summed E-state index contributed by atoms with van der Waals surface area (Å²) in [5.41, 5.74) is 10.7. The van der Waals surface area contributed by atoms with E-state index in [2.05, 4.69) is 165 Å². The minimum Gasteiger partial charge on any atom is -0.311 e. The van der Waals surface area contributed by atoms with E-state index in [1.807, 2.05) is 0 Å². The Balaban J connectivity index is 1.56. The zero-order valence-electron chi connectivity index (χ0n) is 22.8. The van der Waals surface area contributed by atoms with Crippen molar-refractivity contribution >= 4 is 34.1 Å². The van der Waals surface area contributed by atoms with Crippen LogP contribution in [0.1, 0.15) is 42.9 Å². The standard InChI is InChI=1S/C36H36N2/c1-5-29(4)30-17-19-32(20-18-30)37(31-13-7-6-8-14-31)33-21-23-34(24-22-33)38(35-15-9-11-27(2)25-35)36-16-10-12-28(3)26-36/h6-26,29H,5H2,1-4H3. The van der Waals surface area contributed by atoms with Gasteiger partial charge >= 0.3 is 0 Å². The van der Waals surface area contributed by atoms with Crippen LogP contribution in [0.4, 0.5) is 34.1 Å². The van der Waals surface area contributed by atoms with Crippen LogP contribution in [0.2, 0.25) is 0 Å². The highest BCUT2D eigenvalue weighted by atomic mass is 15.2. The lowest BCUT2D eigenvalue weighted by molar-refractivity contribution is 0.733. The largest absolute Gasteiger partial charge is 0.311 e. The maximum Gasteiger partial charge on any atom is 0.0464 e. The van der Waals surface area contributed by atoms with E-state index in [9.17, 15) is 0 Å². The molecule has 38 heavy (non-hydrogen) atoms. The Morgan fingerprint density at radius 3 is 1.32 bits per heavy atom. The lowest BCUT2D eigenvalue weighted by Crippen LogP contribution is -2.12. The number of aryl methyl sites for hydroxylation is 2. The van der Waals surface area contributed by atoms with Crippen LogP contribution in [0.15, 0.2) is 127 Å². The fourth-order valence-corrected chi connectivity index (χ4v) is 4.94. The van der Waals surface area contributed by atoms with Crippen molar-refractivity contribution in [1.82, 2.24) is 0 Å². The van der Waals surface area contributed by atoms with Gasteiger partial charge in [0.15, 0.2) is 0 Å². The molecule has 2 nitrogen and oxygen atoms in total. The Morgan fingerprint density at radius 2 is 0.868 bits per heavy atom. The third-order valence-electron chi connectivity index (χ3n) is 7.23. The van der Waals surface area contributed by atoms with Gasteiger partial charge in [-0.25, -0.2) is 0 Å². The normalized spacial score (nSPS) is 11.7. The highest BCUT2D eigenvalue weighted by molar-refractivity contribution is 5.81. The second kappa shape index (κ2) is 11.4. The number of benzene rings is 5. The topological polar surface area (TPSA) is 6.48 Å². The molecule has 0 saturated heterocycles. The first-order valence-corrected chi connectivity index (χ1v) is 13.5. The Labute approximate surface area is 227 Å². The predicted molar refractivity (Wildman–Crippen MR) is 164 cm³/mol. The van der Waals surface area contributed by atoms with Crippen molar-refractivity contribution in [1.29, 1.82) is 0 Å². The molecule has 5 aromatic rings. The molecule has 0 N–H and O–H groups in total. The van der Waals surface area contributed by atoms with Crippen molar-refractivity contribution in [3.63, 3.8) is 0 Å². The fourth-order valence-electron chi connectivity index (χ4n) is 4.94. The van der Waals surface area contributed by atoms with E-state index in [0.29, 0.717) is 5.92 Å². The number of rotatable bonds is 8. The molecular formula is C36H36N2. The van der Waals surface area contributed by atoms with Crippen molar-refractivity contribution < 1.29 is 0 Å². The molecule has 190 valence electrons. The van der Waals surface area contributed by atoms with Crippen LogP contribution in [0, 0.1) is 13.8 Å². The Morgan fingerprint density at radius 1 is 0.474 bits per heavy atom. The summed E-state index contributed by atoms with van der Waals surface area (Å²) in [4.78, 5) is 4.66. The number of nitrogens with zero attached hydrogens (tertiary/aromatic N) is 2. The first-order valence-electron chi connectivity index (χ1n) is 13.5. The number of para-hydroxylation sites is 1. The second-order valence-electron chi connectivity index (χ2n) is 10.1. The van der Waals surface area contributed by atoms with Crippen molar-refractivity contribution in [2.45, 2.75) is 40.0 Å². The number of hydrogen-bond acceptors (Lipinski definition) is 2. The Hall–Kier alpha value is -4.30. The maximum atomic E-state index is 2.33. The van der Waals surface area contributed by atoms with Crippen LogP contribution in [0.25, 0.3) is 0 Å². The first-order chi connectivity index (χ1) is 18.5. The van der Waals surface area contributed by atoms with Gasteiger partial charge in [0.25, 0.3) is 0 Å². The third kappa shape index (κ3) is 5.50. The fraction of sp³-hybridized carbons (Fsp3) is 0.167. The predicted octanol–water partition coefficient (Wildman–Crippen LogP) is 10.8. The summed E-state index contributed by atoms with van der Waals surface area (Å²) in [6, 6.07) is 45.9. The van der Waals surface area contributed by atoms with Crippen molar-refractivity contribution in [3.8, 4) is 0 Å². The molecule has 0 aromatic heterocycles. The third-order valence-corrected chi connectivity index (χ3v) is 7.23. The van der Waals surface area contributed by atoms with Gasteiger partial charge < -0.3 is 9.80 Å². The molecule has 5 rings (SSSR count). The molecule has 5 aromatic carbocycles. The van der Waals surface area contributed by atoms with Gasteiger partial charge in [0.1, 0.15) is 0 Å². The molecule has 2 heteroatoms. The molecule has 1 atom stereocenters. The highest BCUT2D eigenvalue weighted by Gasteiger charge is 2.16. The van der Waals surface area contributed by atoms with E-state index in [-0.39, 0.29) is 0 Å². The van der Waals surface area contributed by atoms with Gasteiger partial charge in [-0.2, -0.15) is 0 Å². The van der Waals surface area contributed by atoms with E-state index in [4.69, 9.17) is 0 Å². The monoisotopic (exact) mass is 496 g/mol. The number of anilines is 6. The Bertz CT molecular complexity index is 1430. The molecule has 0 aliphatic rings. The zero-order valence-corrected chi connectivity index (χ0v) is 22.8. The highest BCUT2D eigenvalue weighted by Crippen LogP contribution is 2.39. The SMILES string of the molecule is CCC(C)c1ccc(N(c2ccccc2)c2ccc(N(c3cccc(C)c3)c3cccc(C)c3)cc2)cc1. The summed E-state index contributed by atoms with van der Waals surface area (Å²) >= 11 is 0. The van der Waals surface area contributed by atoms with Gasteiger partial charge in [-0.05, 0) is 116 Å². The molecule has 0 bridgehead atoms. The van der Waals surface area contributed by atoms with Crippen molar-refractivity contribution in [2.75, 3.05) is 9.80 Å². The van der Waals surface area contributed by atoms with Crippen LogP contribution < -0.4 is 9.80 Å². The van der Waals surface area contributed by atoms with Gasteiger partial charge in [0.2, 0.25) is 0 Å². The zero-order chi connectivity index (χ0) is 26.5. The molecule has 0 spiro atoms. The summed E-state index contributed by atoms with van der Waals surface area (Å²) in [6.45, 7) is 8.82. The minimum absolute atomic E-state index is 0.558. The molecule has 0 amide bonds. The quantitative estimate of drug-likeness (QED) is 0.211. The second-order valence-corrected chi connectivity index (χ2v) is 10.1. The van der Waals surface area contributed by atoms with Crippen LogP contribution >= 0.6 is 0 Å². The smallest absolute Gasteiger partial charge is 0.0464 e. The Kier molecular flexibility index (Phi) is 7.60. The van der Waals surface area contributed by atoms with Gasteiger partial charge in [0.05, 0.1) is 0 Å². The van der Waals surface area contributed by atoms with Crippen LogP contribution in [0.5, 0.6) is 0 Å². The first kappa shape index (κ1) is 25.4. The molecule has 0 radical (unpaired) electrons. The van der Waals surface area contributed by atoms with E-state index in [1.165, 1.54) is 16.7 Å². The van der Waals surface area contributed by atoms with E-state index >= 15 is 0 Å². The number of hydrogen-bond donors (Lipinski definition) is 0.